The number of carbonyl (C=O) groups is 2. The molecule has 1 atom stereocenters. The summed E-state index contributed by atoms with van der Waals surface area (Å²) in [5.41, 5.74) is -2.52. The lowest BCUT2D eigenvalue weighted by Crippen LogP contribution is -2.30. The van der Waals surface area contributed by atoms with Gasteiger partial charge in [-0.25, -0.2) is 4.79 Å². The molecular formula is C19H13Cl2F3N2O5. The lowest BCUT2D eigenvalue weighted by molar-refractivity contribution is -0.385. The highest BCUT2D eigenvalue weighted by atomic mass is 35.5. The van der Waals surface area contributed by atoms with E-state index in [0.717, 1.165) is 25.1 Å². The molecule has 0 aromatic heterocycles. The van der Waals surface area contributed by atoms with E-state index in [1.165, 1.54) is 6.08 Å². The van der Waals surface area contributed by atoms with Crippen LogP contribution in [0.25, 0.3) is 6.08 Å². The van der Waals surface area contributed by atoms with E-state index in [4.69, 9.17) is 27.9 Å². The fraction of sp³-hybridized carbons (Fsp3) is 0.158. The number of carbonyl (C=O) groups excluding carboxylic acids is 2. The Kier molecular flexibility index (Phi) is 7.64. The molecule has 0 heterocycles. The second kappa shape index (κ2) is 9.80. The molecule has 1 amide bonds. The van der Waals surface area contributed by atoms with Gasteiger partial charge < -0.3 is 10.1 Å². The summed E-state index contributed by atoms with van der Waals surface area (Å²) in [4.78, 5) is 33.8. The number of nitro benzene ring substituents is 1. The topological polar surface area (TPSA) is 98.5 Å². The van der Waals surface area contributed by atoms with Gasteiger partial charge >= 0.3 is 12.1 Å². The van der Waals surface area contributed by atoms with Crippen molar-refractivity contribution in [1.29, 1.82) is 0 Å². The Morgan fingerprint density at radius 1 is 1.23 bits per heavy atom. The number of alkyl halides is 3. The van der Waals surface area contributed by atoms with Crippen molar-refractivity contribution < 1.29 is 32.4 Å². The lowest BCUT2D eigenvalue weighted by Gasteiger charge is -2.16. The van der Waals surface area contributed by atoms with Gasteiger partial charge in [-0.05, 0) is 30.7 Å². The van der Waals surface area contributed by atoms with Crippen LogP contribution in [0.1, 0.15) is 18.1 Å². The summed E-state index contributed by atoms with van der Waals surface area (Å²) < 4.78 is 44.4. The number of esters is 1. The van der Waals surface area contributed by atoms with Gasteiger partial charge in [0.05, 0.1) is 26.2 Å². The number of nitrogens with zero attached hydrogens (tertiary/aromatic N) is 1. The maximum Gasteiger partial charge on any atom is 0.418 e. The Morgan fingerprint density at radius 3 is 2.52 bits per heavy atom. The Balaban J connectivity index is 2.10. The van der Waals surface area contributed by atoms with Crippen molar-refractivity contribution in [2.24, 2.45) is 0 Å². The maximum atomic E-state index is 13.2. The van der Waals surface area contributed by atoms with Crippen molar-refractivity contribution in [3.63, 3.8) is 0 Å². The van der Waals surface area contributed by atoms with Crippen molar-refractivity contribution in [1.82, 2.24) is 0 Å². The Bertz CT molecular complexity index is 1060. The average Bonchev–Trinajstić information content (AvgIpc) is 2.68. The normalized spacial score (nSPS) is 12.5. The zero-order valence-electron chi connectivity index (χ0n) is 15.6. The van der Waals surface area contributed by atoms with Crippen LogP contribution in [-0.2, 0) is 20.5 Å². The Labute approximate surface area is 183 Å². The molecule has 2 aromatic rings. The van der Waals surface area contributed by atoms with Gasteiger partial charge in [0.15, 0.2) is 6.10 Å². The molecule has 0 bridgehead atoms. The highest BCUT2D eigenvalue weighted by Gasteiger charge is 2.36. The van der Waals surface area contributed by atoms with Gasteiger partial charge in [-0.15, -0.1) is 0 Å². The lowest BCUT2D eigenvalue weighted by atomic mass is 10.1. The van der Waals surface area contributed by atoms with E-state index < -0.39 is 46.0 Å². The van der Waals surface area contributed by atoms with E-state index in [0.29, 0.717) is 11.6 Å². The summed E-state index contributed by atoms with van der Waals surface area (Å²) in [5.74, 6) is -2.03. The predicted molar refractivity (Wildman–Crippen MR) is 108 cm³/mol. The number of nitro groups is 1. The maximum absolute atomic E-state index is 13.2. The number of non-ortho nitro benzene ring substituents is 1. The minimum Gasteiger partial charge on any atom is -0.449 e. The van der Waals surface area contributed by atoms with Crippen LogP contribution in [0.3, 0.4) is 0 Å². The van der Waals surface area contributed by atoms with Crippen LogP contribution in [0, 0.1) is 10.1 Å². The highest BCUT2D eigenvalue weighted by Crippen LogP contribution is 2.37. The number of anilines is 1. The van der Waals surface area contributed by atoms with Crippen molar-refractivity contribution in [2.75, 3.05) is 5.32 Å². The largest absolute Gasteiger partial charge is 0.449 e. The van der Waals surface area contributed by atoms with Crippen molar-refractivity contribution in [2.45, 2.75) is 19.2 Å². The SMILES string of the molecule is CC(OC(=O)/C=C/c1cccc(Cl)c1Cl)C(=O)Nc1ccc([N+](=O)[O-])cc1C(F)(F)F. The Hall–Kier alpha value is -3.11. The second-order valence-corrected chi connectivity index (χ2v) is 6.81. The second-order valence-electron chi connectivity index (χ2n) is 6.03. The molecule has 0 radical (unpaired) electrons. The van der Waals surface area contributed by atoms with Crippen LogP contribution >= 0.6 is 23.2 Å². The minimum atomic E-state index is -4.96. The van der Waals surface area contributed by atoms with Crippen LogP contribution in [0.2, 0.25) is 10.0 Å². The van der Waals surface area contributed by atoms with Crippen molar-refractivity contribution in [3.05, 3.63) is 73.8 Å². The van der Waals surface area contributed by atoms with E-state index in [1.54, 1.807) is 18.2 Å². The molecule has 12 heteroatoms. The van der Waals surface area contributed by atoms with Crippen LogP contribution in [0.4, 0.5) is 24.5 Å². The number of rotatable bonds is 6. The number of halogens is 5. The molecule has 0 saturated heterocycles. The number of nitrogens with one attached hydrogen (secondary N) is 1. The molecule has 2 rings (SSSR count). The van der Waals surface area contributed by atoms with E-state index in [9.17, 15) is 32.9 Å². The summed E-state index contributed by atoms with van der Waals surface area (Å²) in [7, 11) is 0. The molecule has 164 valence electrons. The predicted octanol–water partition coefficient (Wildman–Crippen LogP) is 5.50. The zero-order chi connectivity index (χ0) is 23.3. The first-order valence-corrected chi connectivity index (χ1v) is 9.15. The molecule has 1 unspecified atom stereocenters. The molecule has 0 aliphatic carbocycles. The Morgan fingerprint density at radius 2 is 1.90 bits per heavy atom. The van der Waals surface area contributed by atoms with Gasteiger partial charge in [0.2, 0.25) is 0 Å². The third-order valence-electron chi connectivity index (χ3n) is 3.82. The van der Waals surface area contributed by atoms with E-state index >= 15 is 0 Å². The van der Waals surface area contributed by atoms with Crippen LogP contribution in [0.5, 0.6) is 0 Å². The summed E-state index contributed by atoms with van der Waals surface area (Å²) in [6.45, 7) is 1.14. The fourth-order valence-corrected chi connectivity index (χ4v) is 2.67. The summed E-state index contributed by atoms with van der Waals surface area (Å²) in [5, 5.41) is 13.1. The minimum absolute atomic E-state index is 0.192. The summed E-state index contributed by atoms with van der Waals surface area (Å²) in [6.07, 6.45) is -4.18. The molecule has 0 aliphatic rings. The van der Waals surface area contributed by atoms with E-state index in [-0.39, 0.29) is 10.0 Å². The molecule has 7 nitrogen and oxygen atoms in total. The van der Waals surface area contributed by atoms with Crippen molar-refractivity contribution in [3.8, 4) is 0 Å². The average molecular weight is 477 g/mol. The zero-order valence-corrected chi connectivity index (χ0v) is 17.1. The van der Waals surface area contributed by atoms with Gasteiger partial charge in [0, 0.05) is 18.2 Å². The summed E-state index contributed by atoms with van der Waals surface area (Å²) >= 11 is 11.8. The van der Waals surface area contributed by atoms with E-state index in [1.807, 2.05) is 5.32 Å². The molecule has 0 fully saturated rings. The van der Waals surface area contributed by atoms with Crippen LogP contribution < -0.4 is 5.32 Å². The van der Waals surface area contributed by atoms with Gasteiger partial charge in [-0.3, -0.25) is 14.9 Å². The number of hydrogen-bond donors (Lipinski definition) is 1. The number of amides is 1. The molecule has 1 N–H and O–H groups in total. The van der Waals surface area contributed by atoms with Gasteiger partial charge in [-0.1, -0.05) is 35.3 Å². The first-order chi connectivity index (χ1) is 14.4. The third kappa shape index (κ3) is 6.43. The molecular weight excluding hydrogens is 464 g/mol. The molecule has 2 aromatic carbocycles. The molecule has 0 spiro atoms. The highest BCUT2D eigenvalue weighted by molar-refractivity contribution is 6.42. The van der Waals surface area contributed by atoms with Crippen LogP contribution in [0.15, 0.2) is 42.5 Å². The fourth-order valence-electron chi connectivity index (χ4n) is 2.30. The molecule has 0 saturated carbocycles. The quantitative estimate of drug-likeness (QED) is 0.256. The van der Waals surface area contributed by atoms with Gasteiger partial charge in [-0.2, -0.15) is 13.2 Å². The smallest absolute Gasteiger partial charge is 0.418 e. The summed E-state index contributed by atoms with van der Waals surface area (Å²) in [6, 6.07) is 6.55. The number of hydrogen-bond acceptors (Lipinski definition) is 5. The third-order valence-corrected chi connectivity index (χ3v) is 4.65. The first-order valence-electron chi connectivity index (χ1n) is 8.39. The number of ether oxygens (including phenoxy) is 1. The number of benzene rings is 2. The monoisotopic (exact) mass is 476 g/mol. The standard InChI is InChI=1S/C19H13Cl2F3N2O5/c1-10(31-16(27)8-5-11-3-2-4-14(20)17(11)21)18(28)25-15-7-6-12(26(29)30)9-13(15)19(22,23)24/h2-10H,1H3,(H,25,28)/b8-5+. The molecule has 0 aliphatic heterocycles. The molecule has 31 heavy (non-hydrogen) atoms. The van der Waals surface area contributed by atoms with Gasteiger partial charge in [0.25, 0.3) is 11.6 Å². The first kappa shape index (κ1) is 24.2. The van der Waals surface area contributed by atoms with E-state index in [2.05, 4.69) is 0 Å². The van der Waals surface area contributed by atoms with Gasteiger partial charge in [0.1, 0.15) is 0 Å². The van der Waals surface area contributed by atoms with Crippen LogP contribution in [-0.4, -0.2) is 22.9 Å². The van der Waals surface area contributed by atoms with Crippen molar-refractivity contribution >= 4 is 52.5 Å².